The van der Waals surface area contributed by atoms with Crippen LogP contribution in [0.15, 0.2) is 54.6 Å². The average Bonchev–Trinajstić information content (AvgIpc) is 3.31. The van der Waals surface area contributed by atoms with Gasteiger partial charge in [-0.1, -0.05) is 30.3 Å². The van der Waals surface area contributed by atoms with Crippen LogP contribution < -0.4 is 5.32 Å². The van der Waals surface area contributed by atoms with Crippen LogP contribution in [0.25, 0.3) is 22.4 Å². The van der Waals surface area contributed by atoms with Gasteiger partial charge in [0, 0.05) is 50.0 Å². The first kappa shape index (κ1) is 30.1. The van der Waals surface area contributed by atoms with E-state index in [9.17, 15) is 18.9 Å². The Hall–Kier alpha value is -3.40. The Bertz CT molecular complexity index is 1510. The number of pyridine rings is 1. The van der Waals surface area contributed by atoms with Crippen molar-refractivity contribution in [2.24, 2.45) is 0 Å². The summed E-state index contributed by atoms with van der Waals surface area (Å²) in [6.45, 7) is 6.17. The van der Waals surface area contributed by atoms with Crippen molar-refractivity contribution in [2.45, 2.75) is 69.8 Å². The Morgan fingerprint density at radius 1 is 1.05 bits per heavy atom. The molecule has 9 heteroatoms. The molecule has 0 spiro atoms. The lowest BCUT2D eigenvalue weighted by Gasteiger charge is -2.30. The second-order valence-corrected chi connectivity index (χ2v) is 14.5. The summed E-state index contributed by atoms with van der Waals surface area (Å²) >= 11 is 0. The Labute approximate surface area is 250 Å². The van der Waals surface area contributed by atoms with E-state index in [2.05, 4.69) is 5.32 Å². The molecular formula is C33H40N4O4S. The molecule has 0 saturated heterocycles. The summed E-state index contributed by atoms with van der Waals surface area (Å²) in [5.41, 5.74) is 6.18. The number of carbonyl (C=O) groups is 2. The predicted octanol–water partition coefficient (Wildman–Crippen LogP) is 5.10. The fourth-order valence-electron chi connectivity index (χ4n) is 5.53. The van der Waals surface area contributed by atoms with E-state index in [0.29, 0.717) is 29.9 Å². The number of aliphatic hydroxyl groups excluding tert-OH is 1. The van der Waals surface area contributed by atoms with Gasteiger partial charge in [0.05, 0.1) is 16.5 Å². The van der Waals surface area contributed by atoms with Gasteiger partial charge in [-0.2, -0.15) is 0 Å². The highest BCUT2D eigenvalue weighted by molar-refractivity contribution is 7.84. The van der Waals surface area contributed by atoms with Gasteiger partial charge in [-0.15, -0.1) is 0 Å². The number of hydrogen-bond acceptors (Lipinski definition) is 5. The third-order valence-electron chi connectivity index (χ3n) is 7.97. The number of hydrogen-bond donors (Lipinski definition) is 2. The highest BCUT2D eigenvalue weighted by Gasteiger charge is 2.40. The van der Waals surface area contributed by atoms with Crippen LogP contribution >= 0.6 is 0 Å². The molecule has 2 aromatic carbocycles. The van der Waals surface area contributed by atoms with E-state index < -0.39 is 15.7 Å². The summed E-state index contributed by atoms with van der Waals surface area (Å²) in [5.74, 6) is -0.255. The molecule has 1 aliphatic heterocycles. The molecule has 2 atom stereocenters. The van der Waals surface area contributed by atoms with Crippen LogP contribution in [0, 0.1) is 0 Å². The number of amides is 2. The normalized spacial score (nSPS) is 17.8. The van der Waals surface area contributed by atoms with Gasteiger partial charge in [-0.25, -0.2) is 13.5 Å². The van der Waals surface area contributed by atoms with Crippen molar-refractivity contribution in [1.29, 1.82) is 0 Å². The second-order valence-electron chi connectivity index (χ2n) is 12.4. The number of rotatable bonds is 8. The first-order chi connectivity index (χ1) is 20.0. The molecular weight excluding hydrogens is 548 g/mol. The van der Waals surface area contributed by atoms with Gasteiger partial charge < -0.3 is 15.3 Å². The van der Waals surface area contributed by atoms with Crippen molar-refractivity contribution < 1.29 is 18.9 Å². The van der Waals surface area contributed by atoms with Gasteiger partial charge >= 0.3 is 0 Å². The van der Waals surface area contributed by atoms with Crippen LogP contribution in [0.5, 0.6) is 0 Å². The van der Waals surface area contributed by atoms with Gasteiger partial charge in [0.1, 0.15) is 16.7 Å². The van der Waals surface area contributed by atoms with Crippen molar-refractivity contribution >= 4 is 22.8 Å². The highest BCUT2D eigenvalue weighted by atomic mass is 32.2. The largest absolute Gasteiger partial charge is 0.396 e. The van der Waals surface area contributed by atoms with Gasteiger partial charge in [0.15, 0.2) is 0 Å². The summed E-state index contributed by atoms with van der Waals surface area (Å²) in [6.07, 6.45) is 3.46. The van der Waals surface area contributed by atoms with Crippen molar-refractivity contribution in [2.75, 3.05) is 20.7 Å². The molecule has 2 heterocycles. The lowest BCUT2D eigenvalue weighted by Crippen LogP contribution is -2.39. The number of aliphatic hydroxyl groups is 1. The van der Waals surface area contributed by atoms with Crippen LogP contribution in [-0.4, -0.2) is 66.8 Å². The number of nitrogens with zero attached hydrogens (tertiary/aromatic N) is 3. The first-order valence-corrected chi connectivity index (χ1v) is 15.6. The number of nitrogens with one attached hydrogen (secondary N) is 1. The fraction of sp³-hybridized carbons (Fsp3) is 0.424. The monoisotopic (exact) mass is 588 g/mol. The van der Waals surface area contributed by atoms with E-state index >= 15 is 0 Å². The third kappa shape index (κ3) is 6.04. The van der Waals surface area contributed by atoms with Crippen LogP contribution in [0.4, 0.5) is 0 Å². The molecule has 1 aromatic heterocycles. The molecule has 42 heavy (non-hydrogen) atoms. The predicted molar refractivity (Wildman–Crippen MR) is 166 cm³/mol. The fourth-order valence-corrected chi connectivity index (χ4v) is 6.93. The standard InChI is InChI=1S/C33H40N4O4S/c1-33(2,3)42(41)37-20-25-19-27(31(39)34-26-10-7-11-26)35-30(29(25)28(37)16-17-38)24-9-6-8-23(18-24)21-12-14-22(15-13-21)32(40)36(4)5/h6,8-9,12-15,18-19,26,28,38H,7,10-11,16-17,20H2,1-5H3,(H,34,39)/t28-,42-/m0/s1. The lowest BCUT2D eigenvalue weighted by atomic mass is 9.92. The van der Waals surface area contributed by atoms with Crippen molar-refractivity contribution in [3.63, 3.8) is 0 Å². The molecule has 222 valence electrons. The van der Waals surface area contributed by atoms with Crippen molar-refractivity contribution in [3.05, 3.63) is 77.0 Å². The molecule has 0 radical (unpaired) electrons. The van der Waals surface area contributed by atoms with E-state index in [4.69, 9.17) is 4.98 Å². The Morgan fingerprint density at radius 3 is 2.33 bits per heavy atom. The molecule has 2 aliphatic rings. The SMILES string of the molecule is CN(C)C(=O)c1ccc(-c2cccc(-c3nc(C(=O)NC4CCC4)cc4c3[C@H](CCO)N([S@@](=O)C(C)(C)C)C4)c2)cc1. The zero-order valence-corrected chi connectivity index (χ0v) is 25.8. The quantitative estimate of drug-likeness (QED) is 0.381. The number of fused-ring (bicyclic) bond motifs is 1. The maximum Gasteiger partial charge on any atom is 0.270 e. The van der Waals surface area contributed by atoms with Crippen LogP contribution in [0.3, 0.4) is 0 Å². The smallest absolute Gasteiger partial charge is 0.270 e. The molecule has 3 aromatic rings. The molecule has 1 saturated carbocycles. The summed E-state index contributed by atoms with van der Waals surface area (Å²) in [6, 6.07) is 17.2. The van der Waals surface area contributed by atoms with Gasteiger partial charge in [0.25, 0.3) is 11.8 Å². The molecule has 2 amide bonds. The van der Waals surface area contributed by atoms with Gasteiger partial charge in [-0.05, 0) is 87.4 Å². The van der Waals surface area contributed by atoms with E-state index in [1.54, 1.807) is 19.0 Å². The summed E-state index contributed by atoms with van der Waals surface area (Å²) in [7, 11) is 2.13. The summed E-state index contributed by atoms with van der Waals surface area (Å²) in [5, 5.41) is 13.2. The Kier molecular flexibility index (Phi) is 8.64. The molecule has 1 fully saturated rings. The maximum absolute atomic E-state index is 13.7. The minimum absolute atomic E-state index is 0.0563. The Balaban J connectivity index is 1.59. The van der Waals surface area contributed by atoms with E-state index in [1.165, 1.54) is 0 Å². The maximum atomic E-state index is 13.7. The molecule has 0 bridgehead atoms. The molecule has 1 aliphatic carbocycles. The summed E-state index contributed by atoms with van der Waals surface area (Å²) in [4.78, 5) is 32.2. The zero-order valence-electron chi connectivity index (χ0n) is 25.0. The van der Waals surface area contributed by atoms with Crippen LogP contribution in [0.2, 0.25) is 0 Å². The van der Waals surface area contributed by atoms with Gasteiger partial charge in [-0.3, -0.25) is 9.59 Å². The minimum Gasteiger partial charge on any atom is -0.396 e. The van der Waals surface area contributed by atoms with E-state index in [-0.39, 0.29) is 30.5 Å². The topological polar surface area (TPSA) is 103 Å². The van der Waals surface area contributed by atoms with Crippen molar-refractivity contribution in [3.8, 4) is 22.4 Å². The Morgan fingerprint density at radius 2 is 1.74 bits per heavy atom. The zero-order chi connectivity index (χ0) is 30.2. The highest BCUT2D eigenvalue weighted by Crippen LogP contribution is 2.44. The first-order valence-electron chi connectivity index (χ1n) is 14.5. The third-order valence-corrected chi connectivity index (χ3v) is 9.83. The van der Waals surface area contributed by atoms with E-state index in [0.717, 1.165) is 47.1 Å². The second kappa shape index (κ2) is 12.1. The van der Waals surface area contributed by atoms with E-state index in [1.807, 2.05) is 79.7 Å². The number of carbonyl (C=O) groups excluding carboxylic acids is 2. The molecule has 0 unspecified atom stereocenters. The number of benzene rings is 2. The van der Waals surface area contributed by atoms with Crippen molar-refractivity contribution in [1.82, 2.24) is 19.5 Å². The average molecular weight is 589 g/mol. The molecule has 2 N–H and O–H groups in total. The summed E-state index contributed by atoms with van der Waals surface area (Å²) < 4.78 is 15.1. The minimum atomic E-state index is -1.33. The van der Waals surface area contributed by atoms with Gasteiger partial charge in [0.2, 0.25) is 0 Å². The molecule has 5 rings (SSSR count). The molecule has 8 nitrogen and oxygen atoms in total. The number of aromatic nitrogens is 1. The van der Waals surface area contributed by atoms with Crippen LogP contribution in [-0.2, 0) is 17.5 Å². The van der Waals surface area contributed by atoms with Crippen LogP contribution in [0.1, 0.15) is 84.5 Å². The lowest BCUT2D eigenvalue weighted by molar-refractivity contribution is 0.0827.